The molecule has 0 saturated heterocycles. The topological polar surface area (TPSA) is 75.7 Å². The van der Waals surface area contributed by atoms with E-state index in [1.807, 2.05) is 5.48 Å². The van der Waals surface area contributed by atoms with Gasteiger partial charge in [0.15, 0.2) is 0 Å². The van der Waals surface area contributed by atoms with Gasteiger partial charge in [0.05, 0.1) is 5.92 Å². The van der Waals surface area contributed by atoms with Crippen molar-refractivity contribution in [2.24, 2.45) is 5.92 Å². The lowest BCUT2D eigenvalue weighted by Gasteiger charge is -2.44. The van der Waals surface area contributed by atoms with Gasteiger partial charge in [0.1, 0.15) is 6.17 Å². The molecule has 0 bridgehead atoms. The van der Waals surface area contributed by atoms with E-state index >= 15 is 0 Å². The number of alkyl halides is 5. The highest BCUT2D eigenvalue weighted by Gasteiger charge is 2.63. The second-order valence-corrected chi connectivity index (χ2v) is 9.50. The molecule has 1 amide bonds. The maximum Gasteiger partial charge on any atom is 0.393 e. The van der Waals surface area contributed by atoms with E-state index in [1.165, 1.54) is 24.3 Å². The third-order valence-corrected chi connectivity index (χ3v) is 7.34. The van der Waals surface area contributed by atoms with Gasteiger partial charge in [0.2, 0.25) is 15.0 Å². The molecule has 0 radical (unpaired) electrons. The Bertz CT molecular complexity index is 807. The van der Waals surface area contributed by atoms with E-state index < -0.39 is 57.3 Å². The second-order valence-electron chi connectivity index (χ2n) is 6.57. The van der Waals surface area contributed by atoms with Crippen molar-refractivity contribution < 1.29 is 35.6 Å². The standard InChI is InChI=1S/C16H19ClF4N2O4S/c1-23(2)28(25,26)15(27-22-14(24)10-6-4-3-5-7-10)9-12(17)11(8-13(15)18)16(19,20)21/h3-7,11-13H,8-9H2,1-2H3,(H,22,24). The summed E-state index contributed by atoms with van der Waals surface area (Å²) in [6.07, 6.45) is -9.61. The molecular weight excluding hydrogens is 428 g/mol. The molecule has 1 aromatic rings. The lowest BCUT2D eigenvalue weighted by molar-refractivity contribution is -0.202. The van der Waals surface area contributed by atoms with Gasteiger partial charge in [0.25, 0.3) is 5.91 Å². The van der Waals surface area contributed by atoms with Gasteiger partial charge >= 0.3 is 6.18 Å². The zero-order chi connectivity index (χ0) is 21.3. The first-order chi connectivity index (χ1) is 12.8. The summed E-state index contributed by atoms with van der Waals surface area (Å²) in [5, 5.41) is -1.77. The van der Waals surface area contributed by atoms with Crippen LogP contribution in [0.15, 0.2) is 30.3 Å². The molecule has 12 heteroatoms. The Labute approximate surface area is 164 Å². The molecule has 4 atom stereocenters. The predicted molar refractivity (Wildman–Crippen MR) is 93.6 cm³/mol. The van der Waals surface area contributed by atoms with Crippen molar-refractivity contribution in [3.05, 3.63) is 35.9 Å². The molecule has 1 aliphatic carbocycles. The van der Waals surface area contributed by atoms with Gasteiger partial charge in [-0.2, -0.15) is 13.2 Å². The number of amides is 1. The largest absolute Gasteiger partial charge is 0.393 e. The summed E-state index contributed by atoms with van der Waals surface area (Å²) in [5.74, 6) is -3.13. The molecule has 6 nitrogen and oxygen atoms in total. The van der Waals surface area contributed by atoms with Crippen LogP contribution in [0.1, 0.15) is 23.2 Å². The third-order valence-electron chi connectivity index (χ3n) is 4.54. The first-order valence-corrected chi connectivity index (χ1v) is 10.0. The molecule has 2 rings (SSSR count). The fourth-order valence-corrected chi connectivity index (χ4v) is 5.09. The van der Waals surface area contributed by atoms with Gasteiger partial charge in [0, 0.05) is 31.5 Å². The van der Waals surface area contributed by atoms with Crippen LogP contribution in [-0.4, -0.2) is 55.4 Å². The van der Waals surface area contributed by atoms with Crippen molar-refractivity contribution in [1.29, 1.82) is 0 Å². The Kier molecular flexibility index (Phi) is 6.64. The number of hydroxylamine groups is 1. The van der Waals surface area contributed by atoms with Gasteiger partial charge in [-0.05, 0) is 18.6 Å². The molecule has 0 aromatic heterocycles. The van der Waals surface area contributed by atoms with Gasteiger partial charge in [-0.15, -0.1) is 11.6 Å². The average Bonchev–Trinajstić information content (AvgIpc) is 2.61. The van der Waals surface area contributed by atoms with Gasteiger partial charge in [-0.1, -0.05) is 18.2 Å². The predicted octanol–water partition coefficient (Wildman–Crippen LogP) is 2.85. The molecule has 0 aliphatic heterocycles. The number of benzene rings is 1. The number of nitrogens with zero attached hydrogens (tertiary/aromatic N) is 1. The maximum atomic E-state index is 14.9. The van der Waals surface area contributed by atoms with Crippen LogP contribution in [0.4, 0.5) is 17.6 Å². The van der Waals surface area contributed by atoms with Crippen LogP contribution in [0.25, 0.3) is 0 Å². The van der Waals surface area contributed by atoms with E-state index in [0.29, 0.717) is 4.31 Å². The number of carbonyl (C=O) groups excluding carboxylic acids is 1. The van der Waals surface area contributed by atoms with E-state index in [1.54, 1.807) is 6.07 Å². The van der Waals surface area contributed by atoms with Crippen LogP contribution in [0.3, 0.4) is 0 Å². The molecule has 158 valence electrons. The first-order valence-electron chi connectivity index (χ1n) is 8.13. The van der Waals surface area contributed by atoms with Crippen LogP contribution in [0.5, 0.6) is 0 Å². The van der Waals surface area contributed by atoms with Crippen molar-refractivity contribution in [3.8, 4) is 0 Å². The van der Waals surface area contributed by atoms with Crippen LogP contribution in [0.2, 0.25) is 0 Å². The van der Waals surface area contributed by atoms with Crippen molar-refractivity contribution in [2.45, 2.75) is 35.5 Å². The van der Waals surface area contributed by atoms with Crippen molar-refractivity contribution in [2.75, 3.05) is 14.1 Å². The third kappa shape index (κ3) is 4.27. The normalized spacial score (nSPS) is 28.9. The Hall–Kier alpha value is -1.43. The van der Waals surface area contributed by atoms with E-state index in [0.717, 1.165) is 14.1 Å². The number of hydrogen-bond acceptors (Lipinski definition) is 4. The minimum Gasteiger partial charge on any atom is -0.267 e. The number of hydrogen-bond donors (Lipinski definition) is 1. The van der Waals surface area contributed by atoms with E-state index in [2.05, 4.69) is 0 Å². The molecule has 4 unspecified atom stereocenters. The van der Waals surface area contributed by atoms with Gasteiger partial charge in [-0.25, -0.2) is 27.4 Å². The molecule has 1 N–H and O–H groups in total. The fraction of sp³-hybridized carbons (Fsp3) is 0.562. The summed E-state index contributed by atoms with van der Waals surface area (Å²) >= 11 is 5.80. The van der Waals surface area contributed by atoms with Crippen molar-refractivity contribution in [1.82, 2.24) is 9.79 Å². The molecule has 1 aliphatic rings. The number of nitrogens with one attached hydrogen (secondary N) is 1. The van der Waals surface area contributed by atoms with Crippen LogP contribution in [0, 0.1) is 5.92 Å². The Balaban J connectivity index is 2.36. The fourth-order valence-electron chi connectivity index (χ4n) is 2.95. The van der Waals surface area contributed by atoms with Crippen molar-refractivity contribution in [3.63, 3.8) is 0 Å². The maximum absolute atomic E-state index is 14.9. The van der Waals surface area contributed by atoms with E-state index in [-0.39, 0.29) is 5.56 Å². The molecule has 28 heavy (non-hydrogen) atoms. The summed E-state index contributed by atoms with van der Waals surface area (Å²) in [4.78, 5) is 14.4. The van der Waals surface area contributed by atoms with E-state index in [9.17, 15) is 30.8 Å². The summed E-state index contributed by atoms with van der Waals surface area (Å²) < 4.78 is 80.3. The summed E-state index contributed by atoms with van der Waals surface area (Å²) in [5.41, 5.74) is 1.94. The SMILES string of the molecule is CN(C)S(=O)(=O)C1(ONC(=O)c2ccccc2)CC(Cl)C(C(F)(F)F)CC1F. The molecule has 0 spiro atoms. The highest BCUT2D eigenvalue weighted by atomic mass is 35.5. The lowest BCUT2D eigenvalue weighted by Crippen LogP contribution is -2.62. The van der Waals surface area contributed by atoms with Crippen LogP contribution < -0.4 is 5.48 Å². The zero-order valence-electron chi connectivity index (χ0n) is 14.9. The number of sulfonamides is 1. The minimum absolute atomic E-state index is 0.0849. The average molecular weight is 447 g/mol. The smallest absolute Gasteiger partial charge is 0.267 e. The monoisotopic (exact) mass is 446 g/mol. The number of rotatable bonds is 5. The summed E-state index contributed by atoms with van der Waals surface area (Å²) in [7, 11) is -2.47. The lowest BCUT2D eigenvalue weighted by atomic mass is 9.84. The molecule has 0 heterocycles. The van der Waals surface area contributed by atoms with Crippen molar-refractivity contribution >= 4 is 27.5 Å². The number of carbonyl (C=O) groups is 1. The van der Waals surface area contributed by atoms with E-state index in [4.69, 9.17) is 16.4 Å². The number of halogens is 5. The second kappa shape index (κ2) is 8.13. The minimum atomic E-state index is -4.81. The molecule has 1 fully saturated rings. The highest BCUT2D eigenvalue weighted by molar-refractivity contribution is 7.90. The van der Waals surface area contributed by atoms with Gasteiger partial charge < -0.3 is 0 Å². The first kappa shape index (κ1) is 22.9. The molecule has 1 aromatic carbocycles. The van der Waals surface area contributed by atoms with Crippen LogP contribution in [-0.2, 0) is 14.9 Å². The summed E-state index contributed by atoms with van der Waals surface area (Å²) in [6, 6.07) is 7.47. The molecular formula is C16H19ClF4N2O4S. The van der Waals surface area contributed by atoms with Crippen LogP contribution >= 0.6 is 11.6 Å². The zero-order valence-corrected chi connectivity index (χ0v) is 16.5. The molecule has 1 saturated carbocycles. The Morgan fingerprint density at radius 1 is 1.29 bits per heavy atom. The highest BCUT2D eigenvalue weighted by Crippen LogP contribution is 2.48. The Morgan fingerprint density at radius 3 is 2.36 bits per heavy atom. The van der Waals surface area contributed by atoms with Gasteiger partial charge in [-0.3, -0.25) is 4.79 Å². The summed E-state index contributed by atoms with van der Waals surface area (Å²) in [6.45, 7) is 0. The Morgan fingerprint density at radius 2 is 1.86 bits per heavy atom. The quantitative estimate of drug-likeness (QED) is 0.429.